The molecule has 3 nitrogen and oxygen atoms in total. The summed E-state index contributed by atoms with van der Waals surface area (Å²) >= 11 is 0. The molecule has 0 amide bonds. The van der Waals surface area contributed by atoms with Gasteiger partial charge in [-0.15, -0.1) is 0 Å². The lowest BCUT2D eigenvalue weighted by atomic mass is 10.1. The van der Waals surface area contributed by atoms with Gasteiger partial charge in [0.15, 0.2) is 0 Å². The van der Waals surface area contributed by atoms with Crippen molar-refractivity contribution in [1.82, 2.24) is 15.1 Å². The molecule has 2 unspecified atom stereocenters. The zero-order chi connectivity index (χ0) is 11.5. The first-order chi connectivity index (χ1) is 7.68. The summed E-state index contributed by atoms with van der Waals surface area (Å²) in [6, 6.07) is 0.747. The zero-order valence-electron chi connectivity index (χ0n) is 10.7. The van der Waals surface area contributed by atoms with Crippen LogP contribution in [0.15, 0.2) is 6.20 Å². The maximum Gasteiger partial charge on any atom is 0.0524 e. The van der Waals surface area contributed by atoms with Gasteiger partial charge in [0.2, 0.25) is 0 Å². The van der Waals surface area contributed by atoms with E-state index in [9.17, 15) is 0 Å². The number of hydrogen-bond donors (Lipinski definition) is 1. The van der Waals surface area contributed by atoms with Crippen molar-refractivity contribution in [3.05, 3.63) is 17.5 Å². The Hall–Kier alpha value is -0.830. The van der Waals surface area contributed by atoms with E-state index in [0.29, 0.717) is 0 Å². The monoisotopic (exact) mass is 221 g/mol. The Morgan fingerprint density at radius 2 is 2.31 bits per heavy atom. The number of nitrogens with one attached hydrogen (secondary N) is 1. The maximum absolute atomic E-state index is 4.27. The second kappa shape index (κ2) is 5.00. The summed E-state index contributed by atoms with van der Waals surface area (Å²) in [4.78, 5) is 0. The van der Waals surface area contributed by atoms with E-state index in [2.05, 4.69) is 24.3 Å². The van der Waals surface area contributed by atoms with Crippen LogP contribution < -0.4 is 5.32 Å². The number of aromatic nitrogens is 2. The molecule has 1 aliphatic rings. The van der Waals surface area contributed by atoms with Crippen LogP contribution in [0.5, 0.6) is 0 Å². The zero-order valence-corrected chi connectivity index (χ0v) is 10.7. The Balaban J connectivity index is 1.77. The van der Waals surface area contributed by atoms with Crippen LogP contribution in [0, 0.1) is 12.8 Å². The fourth-order valence-electron chi connectivity index (χ4n) is 2.63. The van der Waals surface area contributed by atoms with Gasteiger partial charge in [0.25, 0.3) is 0 Å². The average Bonchev–Trinajstić information content (AvgIpc) is 2.80. The molecule has 1 aromatic rings. The van der Waals surface area contributed by atoms with Crippen molar-refractivity contribution in [2.45, 2.75) is 45.6 Å². The van der Waals surface area contributed by atoms with Crippen LogP contribution in [-0.2, 0) is 13.5 Å². The molecular formula is C13H23N3. The Morgan fingerprint density at radius 3 is 2.88 bits per heavy atom. The van der Waals surface area contributed by atoms with E-state index in [4.69, 9.17) is 0 Å². The van der Waals surface area contributed by atoms with Crippen LogP contribution in [0.1, 0.15) is 37.4 Å². The summed E-state index contributed by atoms with van der Waals surface area (Å²) in [5, 5.41) is 7.95. The van der Waals surface area contributed by atoms with Crippen LogP contribution in [0.3, 0.4) is 0 Å². The van der Waals surface area contributed by atoms with Crippen molar-refractivity contribution >= 4 is 0 Å². The van der Waals surface area contributed by atoms with E-state index in [-0.39, 0.29) is 0 Å². The standard InChI is InChI=1S/C13H23N3/c1-10-5-4-6-13(10)14-8-7-12-9-15-16(3)11(12)2/h9-10,13-14H,4-8H2,1-3H3. The summed E-state index contributed by atoms with van der Waals surface area (Å²) in [5.74, 6) is 0.856. The molecule has 0 saturated heterocycles. The summed E-state index contributed by atoms with van der Waals surface area (Å²) in [7, 11) is 2.01. The van der Waals surface area contributed by atoms with Crippen molar-refractivity contribution in [3.63, 3.8) is 0 Å². The summed E-state index contributed by atoms with van der Waals surface area (Å²) in [6.07, 6.45) is 7.24. The van der Waals surface area contributed by atoms with Crippen LogP contribution in [-0.4, -0.2) is 22.4 Å². The first-order valence-electron chi connectivity index (χ1n) is 6.39. The van der Waals surface area contributed by atoms with Crippen LogP contribution in [0.2, 0.25) is 0 Å². The van der Waals surface area contributed by atoms with Gasteiger partial charge >= 0.3 is 0 Å². The topological polar surface area (TPSA) is 29.9 Å². The van der Waals surface area contributed by atoms with E-state index in [1.54, 1.807) is 0 Å². The van der Waals surface area contributed by atoms with Gasteiger partial charge in [-0.05, 0) is 44.2 Å². The third-order valence-electron chi connectivity index (χ3n) is 4.00. The van der Waals surface area contributed by atoms with Gasteiger partial charge < -0.3 is 5.32 Å². The molecule has 1 aliphatic carbocycles. The Morgan fingerprint density at radius 1 is 1.50 bits per heavy atom. The van der Waals surface area contributed by atoms with Crippen molar-refractivity contribution in [2.75, 3.05) is 6.54 Å². The number of hydrogen-bond acceptors (Lipinski definition) is 2. The minimum atomic E-state index is 0.747. The molecule has 0 aliphatic heterocycles. The highest BCUT2D eigenvalue weighted by atomic mass is 15.3. The molecule has 0 bridgehead atoms. The molecule has 2 atom stereocenters. The molecule has 90 valence electrons. The predicted octanol–water partition coefficient (Wildman–Crippen LogP) is 2.05. The Labute approximate surface area is 98.2 Å². The molecule has 0 aromatic carbocycles. The minimum absolute atomic E-state index is 0.747. The maximum atomic E-state index is 4.27. The number of nitrogens with zero attached hydrogens (tertiary/aromatic N) is 2. The average molecular weight is 221 g/mol. The molecule has 1 fully saturated rings. The molecule has 1 aromatic heterocycles. The molecule has 1 saturated carbocycles. The van der Waals surface area contributed by atoms with E-state index in [1.807, 2.05) is 17.9 Å². The van der Waals surface area contributed by atoms with Gasteiger partial charge in [-0.3, -0.25) is 4.68 Å². The largest absolute Gasteiger partial charge is 0.313 e. The Kier molecular flexibility index (Phi) is 3.64. The highest BCUT2D eigenvalue weighted by molar-refractivity contribution is 5.16. The second-order valence-electron chi connectivity index (χ2n) is 5.10. The highest BCUT2D eigenvalue weighted by Crippen LogP contribution is 2.24. The van der Waals surface area contributed by atoms with E-state index in [0.717, 1.165) is 24.9 Å². The minimum Gasteiger partial charge on any atom is -0.313 e. The lowest BCUT2D eigenvalue weighted by molar-refractivity contribution is 0.430. The van der Waals surface area contributed by atoms with Crippen LogP contribution in [0.25, 0.3) is 0 Å². The lowest BCUT2D eigenvalue weighted by Gasteiger charge is -2.16. The quantitative estimate of drug-likeness (QED) is 0.843. The summed E-state index contributed by atoms with van der Waals surface area (Å²) in [5.41, 5.74) is 2.67. The first-order valence-corrected chi connectivity index (χ1v) is 6.39. The third kappa shape index (κ3) is 2.46. The van der Waals surface area contributed by atoms with Crippen LogP contribution in [0.4, 0.5) is 0 Å². The summed E-state index contributed by atoms with van der Waals surface area (Å²) in [6.45, 7) is 5.59. The van der Waals surface area contributed by atoms with E-state index < -0.39 is 0 Å². The summed E-state index contributed by atoms with van der Waals surface area (Å²) < 4.78 is 1.95. The molecule has 2 rings (SSSR count). The second-order valence-corrected chi connectivity index (χ2v) is 5.10. The van der Waals surface area contributed by atoms with Gasteiger partial charge in [-0.25, -0.2) is 0 Å². The normalized spacial score (nSPS) is 25.2. The van der Waals surface area contributed by atoms with Gasteiger partial charge in [0.1, 0.15) is 0 Å². The highest BCUT2D eigenvalue weighted by Gasteiger charge is 2.22. The number of aryl methyl sites for hydroxylation is 1. The molecule has 1 heterocycles. The van der Waals surface area contributed by atoms with Crippen molar-refractivity contribution < 1.29 is 0 Å². The fourth-order valence-corrected chi connectivity index (χ4v) is 2.63. The smallest absolute Gasteiger partial charge is 0.0524 e. The lowest BCUT2D eigenvalue weighted by Crippen LogP contribution is -2.32. The van der Waals surface area contributed by atoms with Gasteiger partial charge in [-0.2, -0.15) is 5.10 Å². The molecule has 16 heavy (non-hydrogen) atoms. The van der Waals surface area contributed by atoms with Crippen molar-refractivity contribution in [1.29, 1.82) is 0 Å². The first kappa shape index (κ1) is 11.6. The SMILES string of the molecule is Cc1c(CCNC2CCCC2C)cnn1C. The predicted molar refractivity (Wildman–Crippen MR) is 66.5 cm³/mol. The van der Waals surface area contributed by atoms with Crippen molar-refractivity contribution in [2.24, 2.45) is 13.0 Å². The third-order valence-corrected chi connectivity index (χ3v) is 4.00. The molecule has 0 spiro atoms. The Bertz CT molecular complexity index is 343. The fraction of sp³-hybridized carbons (Fsp3) is 0.769. The van der Waals surface area contributed by atoms with E-state index in [1.165, 1.54) is 30.5 Å². The molecule has 3 heteroatoms. The molecule has 0 radical (unpaired) electrons. The van der Waals surface area contributed by atoms with Crippen molar-refractivity contribution in [3.8, 4) is 0 Å². The van der Waals surface area contributed by atoms with Gasteiger partial charge in [0.05, 0.1) is 6.20 Å². The number of rotatable bonds is 4. The van der Waals surface area contributed by atoms with E-state index >= 15 is 0 Å². The molecule has 1 N–H and O–H groups in total. The van der Waals surface area contributed by atoms with Crippen LogP contribution >= 0.6 is 0 Å². The van der Waals surface area contributed by atoms with Gasteiger partial charge in [-0.1, -0.05) is 13.3 Å². The van der Waals surface area contributed by atoms with Gasteiger partial charge in [0, 0.05) is 18.8 Å². The molecular weight excluding hydrogens is 198 g/mol.